The van der Waals surface area contributed by atoms with Crippen molar-refractivity contribution in [3.63, 3.8) is 0 Å². The molecule has 396 valence electrons. The zero-order valence-electron chi connectivity index (χ0n) is 41.2. The SMILES string of the molecule is COc1ccc(CO[C@H](C)c2cc(F)ccc2-n2ccc(C(F)(F)F)n2)cc1.COc1ccc(CO[C@H](C)c2cc(F)ccc2-n2nc(C(F)(F)F)cc2C(O)c2cc(C#N)nn2C)cc1.Cn1nc(C#N)cc1C=O. The maximum Gasteiger partial charge on any atom is 0.435 e. The van der Waals surface area contributed by atoms with Gasteiger partial charge in [0.1, 0.15) is 47.1 Å². The van der Waals surface area contributed by atoms with Gasteiger partial charge in [-0.25, -0.2) is 18.1 Å². The van der Waals surface area contributed by atoms with Gasteiger partial charge >= 0.3 is 12.4 Å². The van der Waals surface area contributed by atoms with Gasteiger partial charge in [-0.15, -0.1) is 0 Å². The van der Waals surface area contributed by atoms with Crippen LogP contribution < -0.4 is 9.47 Å². The summed E-state index contributed by atoms with van der Waals surface area (Å²) in [5.41, 5.74) is 0.901. The molecule has 0 bridgehead atoms. The number of ether oxygens (including phenoxy) is 4. The second-order valence-corrected chi connectivity index (χ2v) is 16.4. The second-order valence-electron chi connectivity index (χ2n) is 16.4. The molecule has 3 atom stereocenters. The number of carbonyl (C=O) groups excluding carboxylic acids is 1. The summed E-state index contributed by atoms with van der Waals surface area (Å²) < 4.78 is 134. The van der Waals surface area contributed by atoms with E-state index < -0.39 is 53.7 Å². The standard InChI is InChI=1S/C26H23F4N5O3.C20H18F4N2O2.C6H5N3O/c1-15(38-14-16-4-7-19(37-3)8-5-16)20-10-17(27)6-9-21(20)35-23(12-24(33-35)26(28,29)30)25(36)22-11-18(13-31)32-34(22)2;1-13(28-12-14-3-6-16(27-2)7-4-14)17-11-15(21)5-8-18(17)26-10-9-19(25-26)20(22,23)24;1-9-6(4-10)2-5(3-7)8-9/h4-12,15,25,36H,14H2,1-3H3;3-11,13H,12H2,1-2H3;2,4H,1H3/t15-,25?;13-;/m11./s1. The lowest BCUT2D eigenvalue weighted by Gasteiger charge is -2.20. The Labute approximate surface area is 429 Å². The quantitative estimate of drug-likeness (QED) is 0.0755. The van der Waals surface area contributed by atoms with Crippen molar-refractivity contribution in [2.24, 2.45) is 14.1 Å². The Morgan fingerprint density at radius 2 is 1.11 bits per heavy atom. The maximum atomic E-state index is 14.3. The highest BCUT2D eigenvalue weighted by molar-refractivity contribution is 5.72. The smallest absolute Gasteiger partial charge is 0.435 e. The van der Waals surface area contributed by atoms with Crippen molar-refractivity contribution in [2.75, 3.05) is 14.2 Å². The summed E-state index contributed by atoms with van der Waals surface area (Å²) in [5.74, 6) is 0.235. The molecule has 4 aromatic heterocycles. The highest BCUT2D eigenvalue weighted by Crippen LogP contribution is 2.36. The van der Waals surface area contributed by atoms with Crippen LogP contribution in [0.4, 0.5) is 35.1 Å². The second kappa shape index (κ2) is 24.5. The molecule has 0 aliphatic rings. The van der Waals surface area contributed by atoms with Crippen LogP contribution in [0.2, 0.25) is 0 Å². The first-order valence-electron chi connectivity index (χ1n) is 22.5. The van der Waals surface area contributed by atoms with E-state index in [4.69, 9.17) is 29.5 Å². The summed E-state index contributed by atoms with van der Waals surface area (Å²) in [7, 11) is 6.17. The zero-order valence-corrected chi connectivity index (χ0v) is 41.2. The molecule has 8 rings (SSSR count). The number of halogens is 8. The van der Waals surface area contributed by atoms with E-state index in [0.29, 0.717) is 40.8 Å². The van der Waals surface area contributed by atoms with E-state index in [-0.39, 0.29) is 47.2 Å². The van der Waals surface area contributed by atoms with E-state index in [1.807, 2.05) is 24.3 Å². The number of rotatable bonds is 15. The van der Waals surface area contributed by atoms with Gasteiger partial charge in [-0.1, -0.05) is 24.3 Å². The van der Waals surface area contributed by atoms with Gasteiger partial charge in [0.05, 0.1) is 62.4 Å². The summed E-state index contributed by atoms with van der Waals surface area (Å²) in [6.45, 7) is 3.71. The van der Waals surface area contributed by atoms with E-state index in [1.165, 1.54) is 59.0 Å². The van der Waals surface area contributed by atoms with Gasteiger partial charge in [0, 0.05) is 43.6 Å². The van der Waals surface area contributed by atoms with Gasteiger partial charge < -0.3 is 24.1 Å². The number of carbonyl (C=O) groups is 1. The third-order valence-corrected chi connectivity index (χ3v) is 11.3. The van der Waals surface area contributed by atoms with Crippen LogP contribution in [0.1, 0.15) is 99.1 Å². The molecule has 8 aromatic rings. The summed E-state index contributed by atoms with van der Waals surface area (Å²) >= 11 is 0. The highest BCUT2D eigenvalue weighted by Gasteiger charge is 2.37. The van der Waals surface area contributed by atoms with Gasteiger partial charge in [-0.2, -0.15) is 57.3 Å². The zero-order chi connectivity index (χ0) is 55.5. The van der Waals surface area contributed by atoms with Crippen molar-refractivity contribution in [3.05, 3.63) is 189 Å². The highest BCUT2D eigenvalue weighted by atomic mass is 19.4. The van der Waals surface area contributed by atoms with Crippen molar-refractivity contribution in [1.82, 2.24) is 39.1 Å². The first-order valence-corrected chi connectivity index (χ1v) is 22.5. The van der Waals surface area contributed by atoms with Gasteiger partial charge in [-0.05, 0) is 97.8 Å². The Balaban J connectivity index is 0.000000215. The number of hydrogen-bond donors (Lipinski definition) is 1. The Bertz CT molecular complexity index is 3330. The molecule has 76 heavy (non-hydrogen) atoms. The Hall–Kier alpha value is -8.71. The molecular formula is C52H46F8N10O6. The van der Waals surface area contributed by atoms with Crippen molar-refractivity contribution in [3.8, 4) is 35.0 Å². The molecule has 24 heteroatoms. The number of methoxy groups -OCH3 is 2. The molecule has 0 fully saturated rings. The number of aliphatic hydroxyl groups is 1. The lowest BCUT2D eigenvalue weighted by atomic mass is 10.1. The van der Waals surface area contributed by atoms with Crippen LogP contribution in [0.3, 0.4) is 0 Å². The minimum Gasteiger partial charge on any atom is -0.497 e. The van der Waals surface area contributed by atoms with Crippen LogP contribution in [0, 0.1) is 34.3 Å². The molecule has 1 N–H and O–H groups in total. The van der Waals surface area contributed by atoms with E-state index >= 15 is 0 Å². The number of aryl methyl sites for hydroxylation is 2. The molecule has 0 saturated carbocycles. The molecule has 0 amide bonds. The van der Waals surface area contributed by atoms with E-state index in [2.05, 4.69) is 20.4 Å². The molecule has 1 unspecified atom stereocenters. The Kier molecular flexibility index (Phi) is 18.3. The number of aromatic nitrogens is 8. The number of aldehydes is 1. The van der Waals surface area contributed by atoms with Crippen LogP contribution in [-0.4, -0.2) is 64.7 Å². The molecular weight excluding hydrogens is 1010 g/mol. The topological polar surface area (TPSA) is 193 Å². The normalized spacial score (nSPS) is 12.5. The third-order valence-electron chi connectivity index (χ3n) is 11.3. The number of aliphatic hydroxyl groups excluding tert-OH is 1. The minimum absolute atomic E-state index is 0.0216. The van der Waals surface area contributed by atoms with Crippen molar-refractivity contribution < 1.29 is 64.0 Å². The predicted molar refractivity (Wildman–Crippen MR) is 255 cm³/mol. The number of nitriles is 2. The fourth-order valence-corrected chi connectivity index (χ4v) is 7.29. The van der Waals surface area contributed by atoms with Crippen LogP contribution >= 0.6 is 0 Å². The van der Waals surface area contributed by atoms with Crippen LogP contribution in [-0.2, 0) is 49.1 Å². The van der Waals surface area contributed by atoms with E-state index in [9.17, 15) is 45.0 Å². The van der Waals surface area contributed by atoms with Gasteiger partial charge in [0.25, 0.3) is 0 Å². The van der Waals surface area contributed by atoms with Crippen molar-refractivity contribution in [2.45, 2.75) is 57.7 Å². The minimum atomic E-state index is -4.82. The fourth-order valence-electron chi connectivity index (χ4n) is 7.29. The fraction of sp³-hybridized carbons (Fsp3) is 0.250. The van der Waals surface area contributed by atoms with Crippen molar-refractivity contribution >= 4 is 6.29 Å². The average molecular weight is 1060 g/mol. The van der Waals surface area contributed by atoms with Crippen LogP contribution in [0.15, 0.2) is 115 Å². The molecule has 4 aromatic carbocycles. The number of hydrogen-bond acceptors (Lipinski definition) is 12. The maximum absolute atomic E-state index is 14.3. The molecule has 0 saturated heterocycles. The van der Waals surface area contributed by atoms with Gasteiger partial charge in [0.15, 0.2) is 29.1 Å². The monoisotopic (exact) mass is 1060 g/mol. The van der Waals surface area contributed by atoms with Gasteiger partial charge in [-0.3, -0.25) is 14.2 Å². The summed E-state index contributed by atoms with van der Waals surface area (Å²) in [4.78, 5) is 10.2. The summed E-state index contributed by atoms with van der Waals surface area (Å²) in [5, 5.41) is 43.4. The Morgan fingerprint density at radius 3 is 1.54 bits per heavy atom. The van der Waals surface area contributed by atoms with Crippen molar-refractivity contribution in [1.29, 1.82) is 10.5 Å². The third kappa shape index (κ3) is 14.1. The summed E-state index contributed by atoms with van der Waals surface area (Å²) in [6.07, 6.45) is -10.5. The molecule has 4 heterocycles. The van der Waals surface area contributed by atoms with Crippen LogP contribution in [0.25, 0.3) is 11.4 Å². The molecule has 0 aliphatic heterocycles. The first-order chi connectivity index (χ1) is 36.1. The van der Waals surface area contributed by atoms with E-state index in [1.54, 1.807) is 71.5 Å². The molecule has 16 nitrogen and oxygen atoms in total. The van der Waals surface area contributed by atoms with Gasteiger partial charge in [0.2, 0.25) is 0 Å². The molecule has 0 aliphatic carbocycles. The largest absolute Gasteiger partial charge is 0.497 e. The average Bonchev–Trinajstić information content (AvgIpc) is 4.25. The Morgan fingerprint density at radius 1 is 0.618 bits per heavy atom. The van der Waals surface area contributed by atoms with Crippen LogP contribution in [0.5, 0.6) is 11.5 Å². The predicted octanol–water partition coefficient (Wildman–Crippen LogP) is 10.4. The lowest BCUT2D eigenvalue weighted by Crippen LogP contribution is -2.15. The number of benzene rings is 4. The molecule has 0 spiro atoms. The lowest BCUT2D eigenvalue weighted by molar-refractivity contribution is -0.142. The van der Waals surface area contributed by atoms with E-state index in [0.717, 1.165) is 38.7 Å². The first kappa shape index (κ1) is 56.6. The summed E-state index contributed by atoms with van der Waals surface area (Å²) in [6, 6.07) is 29.6. The molecule has 0 radical (unpaired) electrons. The number of alkyl halides is 6. The number of nitrogens with zero attached hydrogens (tertiary/aromatic N) is 10.